The minimum Gasteiger partial charge on any atom is -0.480 e. The second-order valence-electron chi connectivity index (χ2n) is 7.02. The SMILES string of the molecule is Cc1cc(C)cc(NC(=O)CSCC(NC(=O)C=Cc2cccc([N+](=O)[O-])c2)C(=O)O)c1. The summed E-state index contributed by atoms with van der Waals surface area (Å²) in [7, 11) is 0. The van der Waals surface area contributed by atoms with E-state index in [0.717, 1.165) is 29.0 Å². The number of carbonyl (C=O) groups is 3. The predicted octanol–water partition coefficient (Wildman–Crippen LogP) is 3.17. The van der Waals surface area contributed by atoms with E-state index in [9.17, 15) is 29.6 Å². The molecule has 0 aliphatic carbocycles. The summed E-state index contributed by atoms with van der Waals surface area (Å²) < 4.78 is 0. The Morgan fingerprint density at radius 2 is 1.84 bits per heavy atom. The van der Waals surface area contributed by atoms with Crippen molar-refractivity contribution in [2.24, 2.45) is 0 Å². The van der Waals surface area contributed by atoms with E-state index >= 15 is 0 Å². The number of hydrogen-bond donors (Lipinski definition) is 3. The van der Waals surface area contributed by atoms with Gasteiger partial charge in [-0.3, -0.25) is 19.7 Å². The summed E-state index contributed by atoms with van der Waals surface area (Å²) >= 11 is 1.08. The lowest BCUT2D eigenvalue weighted by Gasteiger charge is -2.13. The molecule has 0 aromatic heterocycles. The molecule has 2 amide bonds. The van der Waals surface area contributed by atoms with Crippen LogP contribution in [-0.4, -0.2) is 45.4 Å². The molecule has 0 aliphatic rings. The topological polar surface area (TPSA) is 139 Å². The first-order chi connectivity index (χ1) is 15.1. The van der Waals surface area contributed by atoms with Gasteiger partial charge in [-0.15, -0.1) is 11.8 Å². The molecule has 32 heavy (non-hydrogen) atoms. The summed E-state index contributed by atoms with van der Waals surface area (Å²) in [6.45, 7) is 3.84. The van der Waals surface area contributed by atoms with Gasteiger partial charge in [-0.25, -0.2) is 4.79 Å². The summed E-state index contributed by atoms with van der Waals surface area (Å²) in [5.74, 6) is -2.16. The van der Waals surface area contributed by atoms with E-state index in [2.05, 4.69) is 10.6 Å². The van der Waals surface area contributed by atoms with Gasteiger partial charge in [0.1, 0.15) is 6.04 Å². The van der Waals surface area contributed by atoms with Gasteiger partial charge in [0.05, 0.1) is 10.7 Å². The van der Waals surface area contributed by atoms with Crippen LogP contribution >= 0.6 is 11.8 Å². The zero-order valence-corrected chi connectivity index (χ0v) is 18.3. The van der Waals surface area contributed by atoms with E-state index in [1.807, 2.05) is 32.0 Å². The number of nitrogens with one attached hydrogen (secondary N) is 2. The molecule has 2 rings (SSSR count). The molecule has 2 aromatic rings. The number of nitro benzene ring substituents is 1. The number of non-ortho nitro benzene ring substituents is 1. The molecule has 1 unspecified atom stereocenters. The van der Waals surface area contributed by atoms with Crippen LogP contribution < -0.4 is 10.6 Å². The van der Waals surface area contributed by atoms with Crippen LogP contribution in [0, 0.1) is 24.0 Å². The first-order valence-electron chi connectivity index (χ1n) is 9.56. The van der Waals surface area contributed by atoms with Gasteiger partial charge in [-0.2, -0.15) is 0 Å². The number of carbonyl (C=O) groups excluding carboxylic acids is 2. The minimum atomic E-state index is -1.23. The number of nitrogens with zero attached hydrogens (tertiary/aromatic N) is 1. The zero-order valence-electron chi connectivity index (χ0n) is 17.5. The molecule has 0 saturated heterocycles. The van der Waals surface area contributed by atoms with Crippen molar-refractivity contribution in [3.05, 3.63) is 75.3 Å². The fraction of sp³-hybridized carbons (Fsp3) is 0.227. The second-order valence-corrected chi connectivity index (χ2v) is 8.05. The third kappa shape index (κ3) is 8.23. The number of rotatable bonds is 10. The Morgan fingerprint density at radius 3 is 2.47 bits per heavy atom. The Morgan fingerprint density at radius 1 is 1.16 bits per heavy atom. The molecule has 0 aliphatic heterocycles. The van der Waals surface area contributed by atoms with E-state index in [1.165, 1.54) is 24.3 Å². The first kappa shape index (κ1) is 24.6. The van der Waals surface area contributed by atoms with Crippen molar-refractivity contribution in [2.75, 3.05) is 16.8 Å². The van der Waals surface area contributed by atoms with Crippen molar-refractivity contribution >= 4 is 47.0 Å². The van der Waals surface area contributed by atoms with Crippen molar-refractivity contribution in [2.45, 2.75) is 19.9 Å². The van der Waals surface area contributed by atoms with Crippen LogP contribution in [0.2, 0.25) is 0 Å². The Kier molecular flexibility index (Phi) is 8.96. The lowest BCUT2D eigenvalue weighted by molar-refractivity contribution is -0.384. The van der Waals surface area contributed by atoms with E-state index < -0.39 is 22.8 Å². The summed E-state index contributed by atoms with van der Waals surface area (Å²) in [6, 6.07) is 10.1. The summed E-state index contributed by atoms with van der Waals surface area (Å²) in [5, 5.41) is 25.3. The number of aliphatic carboxylic acids is 1. The van der Waals surface area contributed by atoms with Gasteiger partial charge in [-0.05, 0) is 48.7 Å². The van der Waals surface area contributed by atoms with Crippen molar-refractivity contribution in [3.8, 4) is 0 Å². The largest absolute Gasteiger partial charge is 0.480 e. The number of nitro groups is 1. The number of anilines is 1. The van der Waals surface area contributed by atoms with E-state index in [-0.39, 0.29) is 23.1 Å². The van der Waals surface area contributed by atoms with Crippen LogP contribution in [0.3, 0.4) is 0 Å². The van der Waals surface area contributed by atoms with Crippen LogP contribution in [0.15, 0.2) is 48.5 Å². The van der Waals surface area contributed by atoms with E-state index in [0.29, 0.717) is 11.3 Å². The molecule has 0 radical (unpaired) electrons. The lowest BCUT2D eigenvalue weighted by atomic mass is 10.1. The molecular weight excluding hydrogens is 434 g/mol. The standard InChI is InChI=1S/C22H23N3O6S/c1-14-8-15(2)10-17(9-14)23-21(27)13-32-12-19(22(28)29)24-20(26)7-6-16-4-3-5-18(11-16)25(30)31/h3-11,19H,12-13H2,1-2H3,(H,23,27)(H,24,26)(H,28,29). The predicted molar refractivity (Wildman–Crippen MR) is 124 cm³/mol. The number of hydrogen-bond acceptors (Lipinski definition) is 6. The number of amides is 2. The molecule has 0 fully saturated rings. The van der Waals surface area contributed by atoms with Crippen LogP contribution in [0.25, 0.3) is 6.08 Å². The quantitative estimate of drug-likeness (QED) is 0.283. The Balaban J connectivity index is 1.85. The normalized spacial score (nSPS) is 11.7. The fourth-order valence-electron chi connectivity index (χ4n) is 2.82. The number of carboxylic acid groups (broad SMARTS) is 1. The minimum absolute atomic E-state index is 0.00795. The van der Waals surface area contributed by atoms with E-state index in [4.69, 9.17) is 0 Å². The third-order valence-electron chi connectivity index (χ3n) is 4.15. The van der Waals surface area contributed by atoms with Crippen LogP contribution in [0.1, 0.15) is 16.7 Å². The third-order valence-corrected chi connectivity index (χ3v) is 5.18. The number of carboxylic acids is 1. The first-order valence-corrected chi connectivity index (χ1v) is 10.7. The molecule has 10 heteroatoms. The average molecular weight is 458 g/mol. The highest BCUT2D eigenvalue weighted by molar-refractivity contribution is 8.00. The fourth-order valence-corrected chi connectivity index (χ4v) is 3.66. The molecule has 0 saturated carbocycles. The van der Waals surface area contributed by atoms with Gasteiger partial charge in [0.15, 0.2) is 0 Å². The number of aryl methyl sites for hydroxylation is 2. The molecule has 0 spiro atoms. The van der Waals surface area contributed by atoms with Crippen molar-refractivity contribution < 1.29 is 24.4 Å². The maximum Gasteiger partial charge on any atom is 0.327 e. The number of thioether (sulfide) groups is 1. The van der Waals surface area contributed by atoms with Gasteiger partial charge in [-0.1, -0.05) is 18.2 Å². The molecular formula is C22H23N3O6S. The smallest absolute Gasteiger partial charge is 0.327 e. The highest BCUT2D eigenvalue weighted by Gasteiger charge is 2.19. The molecule has 2 aromatic carbocycles. The Hall–Kier alpha value is -3.66. The van der Waals surface area contributed by atoms with Crippen LogP contribution in [0.4, 0.5) is 11.4 Å². The van der Waals surface area contributed by atoms with Crippen molar-refractivity contribution in [1.82, 2.24) is 5.32 Å². The molecule has 1 atom stereocenters. The van der Waals surface area contributed by atoms with Gasteiger partial charge in [0.25, 0.3) is 5.69 Å². The molecule has 9 nitrogen and oxygen atoms in total. The molecule has 0 heterocycles. The van der Waals surface area contributed by atoms with Gasteiger partial charge < -0.3 is 15.7 Å². The maximum atomic E-state index is 12.1. The lowest BCUT2D eigenvalue weighted by Crippen LogP contribution is -2.42. The van der Waals surface area contributed by atoms with Crippen LogP contribution in [0.5, 0.6) is 0 Å². The molecule has 0 bridgehead atoms. The zero-order chi connectivity index (χ0) is 23.7. The van der Waals surface area contributed by atoms with Gasteiger partial charge >= 0.3 is 5.97 Å². The monoisotopic (exact) mass is 457 g/mol. The average Bonchev–Trinajstić information content (AvgIpc) is 2.70. The highest BCUT2D eigenvalue weighted by Crippen LogP contribution is 2.15. The van der Waals surface area contributed by atoms with Crippen molar-refractivity contribution in [1.29, 1.82) is 0 Å². The van der Waals surface area contributed by atoms with E-state index in [1.54, 1.807) is 6.07 Å². The van der Waals surface area contributed by atoms with Crippen LogP contribution in [-0.2, 0) is 14.4 Å². The highest BCUT2D eigenvalue weighted by atomic mass is 32.2. The van der Waals surface area contributed by atoms with Crippen molar-refractivity contribution in [3.63, 3.8) is 0 Å². The summed E-state index contributed by atoms with van der Waals surface area (Å²) in [4.78, 5) is 45.9. The Labute approximate surface area is 189 Å². The molecule has 168 valence electrons. The summed E-state index contributed by atoms with van der Waals surface area (Å²) in [6.07, 6.45) is 2.46. The summed E-state index contributed by atoms with van der Waals surface area (Å²) in [5.41, 5.74) is 3.01. The van der Waals surface area contributed by atoms with Gasteiger partial charge in [0.2, 0.25) is 11.8 Å². The Bertz CT molecular complexity index is 1030. The van der Waals surface area contributed by atoms with Gasteiger partial charge in [0, 0.05) is 29.6 Å². The number of benzene rings is 2. The maximum absolute atomic E-state index is 12.1. The second kappa shape index (κ2) is 11.7. The molecule has 3 N–H and O–H groups in total.